The maximum absolute atomic E-state index is 12.2. The number of pyridine rings is 1. The molecular weight excluding hydrogens is 282 g/mol. The third-order valence-electron chi connectivity index (χ3n) is 3.34. The molecule has 2 heterocycles. The number of benzene rings is 1. The van der Waals surface area contributed by atoms with Crippen LogP contribution in [-0.2, 0) is 11.3 Å². The third kappa shape index (κ3) is 3.06. The number of amides is 2. The monoisotopic (exact) mass is 297 g/mol. The van der Waals surface area contributed by atoms with E-state index in [9.17, 15) is 9.59 Å². The molecule has 0 unspecified atom stereocenters. The molecule has 2 aromatic rings. The van der Waals surface area contributed by atoms with Crippen molar-refractivity contribution in [2.45, 2.75) is 6.54 Å². The summed E-state index contributed by atoms with van der Waals surface area (Å²) in [4.78, 5) is 29.4. The van der Waals surface area contributed by atoms with E-state index in [0.717, 1.165) is 5.69 Å². The summed E-state index contributed by atoms with van der Waals surface area (Å²) in [7, 11) is 0. The van der Waals surface area contributed by atoms with Crippen LogP contribution in [0, 0.1) is 0 Å². The summed E-state index contributed by atoms with van der Waals surface area (Å²) in [5, 5.41) is 2.81. The summed E-state index contributed by atoms with van der Waals surface area (Å²) in [6.07, 6.45) is 1.30. The number of anilines is 1. The molecular formula is C16H15N3O3. The van der Waals surface area contributed by atoms with Gasteiger partial charge in [-0.25, -0.2) is 4.79 Å². The predicted octanol–water partition coefficient (Wildman–Crippen LogP) is 1.97. The van der Waals surface area contributed by atoms with Crippen LogP contribution in [0.3, 0.4) is 0 Å². The van der Waals surface area contributed by atoms with Crippen LogP contribution in [0.1, 0.15) is 16.1 Å². The van der Waals surface area contributed by atoms with E-state index in [0.29, 0.717) is 30.9 Å². The van der Waals surface area contributed by atoms with Gasteiger partial charge in [-0.15, -0.1) is 0 Å². The highest BCUT2D eigenvalue weighted by Gasteiger charge is 2.24. The zero-order chi connectivity index (χ0) is 15.4. The zero-order valence-electron chi connectivity index (χ0n) is 11.9. The first-order valence-corrected chi connectivity index (χ1v) is 6.96. The number of ether oxygens (including phenoxy) is 1. The highest BCUT2D eigenvalue weighted by atomic mass is 16.6. The summed E-state index contributed by atoms with van der Waals surface area (Å²) in [5.41, 5.74) is 1.94. The number of cyclic esters (lactones) is 1. The first kappa shape index (κ1) is 14.1. The van der Waals surface area contributed by atoms with E-state index >= 15 is 0 Å². The normalized spacial score (nSPS) is 13.8. The number of carbonyl (C=O) groups is 2. The van der Waals surface area contributed by atoms with Crippen LogP contribution in [0.2, 0.25) is 0 Å². The fourth-order valence-electron chi connectivity index (χ4n) is 2.22. The summed E-state index contributed by atoms with van der Waals surface area (Å²) in [6, 6.07) is 12.5. The summed E-state index contributed by atoms with van der Waals surface area (Å²) in [6.45, 7) is 1.22. The quantitative estimate of drug-likeness (QED) is 0.936. The van der Waals surface area contributed by atoms with Crippen LogP contribution in [-0.4, -0.2) is 30.1 Å². The molecule has 6 heteroatoms. The van der Waals surface area contributed by atoms with Gasteiger partial charge in [0.15, 0.2) is 0 Å². The molecule has 2 amide bonds. The average molecular weight is 297 g/mol. The van der Waals surface area contributed by atoms with Crippen LogP contribution in [0.5, 0.6) is 0 Å². The van der Waals surface area contributed by atoms with Gasteiger partial charge in [0, 0.05) is 17.4 Å². The lowest BCUT2D eigenvalue weighted by Gasteiger charge is -2.13. The van der Waals surface area contributed by atoms with Crippen molar-refractivity contribution >= 4 is 17.7 Å². The summed E-state index contributed by atoms with van der Waals surface area (Å²) >= 11 is 0. The second-order valence-electron chi connectivity index (χ2n) is 4.82. The van der Waals surface area contributed by atoms with Gasteiger partial charge < -0.3 is 10.1 Å². The van der Waals surface area contributed by atoms with E-state index in [4.69, 9.17) is 4.74 Å². The van der Waals surface area contributed by atoms with Crippen LogP contribution in [0.25, 0.3) is 0 Å². The third-order valence-corrected chi connectivity index (χ3v) is 3.34. The zero-order valence-corrected chi connectivity index (χ0v) is 11.9. The van der Waals surface area contributed by atoms with E-state index in [2.05, 4.69) is 10.3 Å². The van der Waals surface area contributed by atoms with E-state index in [1.807, 2.05) is 18.2 Å². The van der Waals surface area contributed by atoms with Gasteiger partial charge in [0.2, 0.25) is 0 Å². The minimum absolute atomic E-state index is 0.208. The number of nitrogens with zero attached hydrogens (tertiary/aromatic N) is 2. The van der Waals surface area contributed by atoms with Gasteiger partial charge in [0.05, 0.1) is 18.8 Å². The molecule has 1 aromatic carbocycles. The largest absolute Gasteiger partial charge is 0.447 e. The summed E-state index contributed by atoms with van der Waals surface area (Å²) in [5.74, 6) is -0.208. The van der Waals surface area contributed by atoms with Gasteiger partial charge >= 0.3 is 6.09 Å². The van der Waals surface area contributed by atoms with Crippen molar-refractivity contribution in [2.75, 3.05) is 18.1 Å². The van der Waals surface area contributed by atoms with E-state index in [1.54, 1.807) is 30.5 Å². The molecule has 0 radical (unpaired) electrons. The Kier molecular flexibility index (Phi) is 4.00. The molecule has 0 saturated carbocycles. The second-order valence-corrected chi connectivity index (χ2v) is 4.82. The number of nitrogens with one attached hydrogen (secondary N) is 1. The highest BCUT2D eigenvalue weighted by Crippen LogP contribution is 2.20. The molecule has 1 aliphatic heterocycles. The molecule has 1 saturated heterocycles. The Morgan fingerprint density at radius 1 is 1.27 bits per heavy atom. The molecule has 1 fully saturated rings. The number of rotatable bonds is 4. The Morgan fingerprint density at radius 2 is 2.18 bits per heavy atom. The number of hydrogen-bond donors (Lipinski definition) is 1. The topological polar surface area (TPSA) is 71.5 Å². The predicted molar refractivity (Wildman–Crippen MR) is 80.5 cm³/mol. The fourth-order valence-corrected chi connectivity index (χ4v) is 2.22. The van der Waals surface area contributed by atoms with Gasteiger partial charge in [-0.05, 0) is 30.3 Å². The molecule has 112 valence electrons. The van der Waals surface area contributed by atoms with Crippen molar-refractivity contribution in [2.24, 2.45) is 0 Å². The SMILES string of the molecule is O=C(NCc1ccccn1)c1cccc(N2CCOC2=O)c1. The van der Waals surface area contributed by atoms with E-state index < -0.39 is 0 Å². The number of hydrogen-bond acceptors (Lipinski definition) is 4. The standard InChI is InChI=1S/C16H15N3O3/c20-15(18-11-13-5-1-2-7-17-13)12-4-3-6-14(10-12)19-8-9-22-16(19)21/h1-7,10H,8-9,11H2,(H,18,20). The maximum atomic E-state index is 12.2. The van der Waals surface area contributed by atoms with Crippen LogP contribution in [0.15, 0.2) is 48.7 Å². The van der Waals surface area contributed by atoms with Crippen LogP contribution >= 0.6 is 0 Å². The molecule has 0 atom stereocenters. The van der Waals surface area contributed by atoms with Crippen LogP contribution in [0.4, 0.5) is 10.5 Å². The Morgan fingerprint density at radius 3 is 2.91 bits per heavy atom. The van der Waals surface area contributed by atoms with Crippen molar-refractivity contribution in [3.05, 3.63) is 59.9 Å². The molecule has 1 aromatic heterocycles. The summed E-state index contributed by atoms with van der Waals surface area (Å²) < 4.78 is 4.90. The lowest BCUT2D eigenvalue weighted by atomic mass is 10.1. The van der Waals surface area contributed by atoms with E-state index in [1.165, 1.54) is 4.90 Å². The Balaban J connectivity index is 1.69. The number of aromatic nitrogens is 1. The van der Waals surface area contributed by atoms with Crippen molar-refractivity contribution < 1.29 is 14.3 Å². The first-order valence-electron chi connectivity index (χ1n) is 6.96. The molecule has 3 rings (SSSR count). The highest BCUT2D eigenvalue weighted by molar-refractivity contribution is 5.97. The van der Waals surface area contributed by atoms with Gasteiger partial charge in [-0.1, -0.05) is 12.1 Å². The molecule has 22 heavy (non-hydrogen) atoms. The smallest absolute Gasteiger partial charge is 0.414 e. The van der Waals surface area contributed by atoms with Crippen LogP contribution < -0.4 is 10.2 Å². The minimum Gasteiger partial charge on any atom is -0.447 e. The van der Waals surface area contributed by atoms with Crippen molar-refractivity contribution in [1.29, 1.82) is 0 Å². The maximum Gasteiger partial charge on any atom is 0.414 e. The lowest BCUT2D eigenvalue weighted by Crippen LogP contribution is -2.25. The van der Waals surface area contributed by atoms with Crippen molar-refractivity contribution in [1.82, 2.24) is 10.3 Å². The fraction of sp³-hybridized carbons (Fsp3) is 0.188. The van der Waals surface area contributed by atoms with Crippen molar-refractivity contribution in [3.63, 3.8) is 0 Å². The second kappa shape index (κ2) is 6.26. The Bertz CT molecular complexity index is 688. The molecule has 0 bridgehead atoms. The Labute approximate surface area is 127 Å². The lowest BCUT2D eigenvalue weighted by molar-refractivity contribution is 0.0950. The van der Waals surface area contributed by atoms with Gasteiger partial charge in [-0.3, -0.25) is 14.7 Å². The van der Waals surface area contributed by atoms with Gasteiger partial charge in [-0.2, -0.15) is 0 Å². The molecule has 1 N–H and O–H groups in total. The van der Waals surface area contributed by atoms with E-state index in [-0.39, 0.29) is 12.0 Å². The van der Waals surface area contributed by atoms with Gasteiger partial charge in [0.25, 0.3) is 5.91 Å². The molecule has 0 aliphatic carbocycles. The van der Waals surface area contributed by atoms with Crippen molar-refractivity contribution in [3.8, 4) is 0 Å². The first-order chi connectivity index (χ1) is 10.7. The average Bonchev–Trinajstić information content (AvgIpc) is 3.00. The van der Waals surface area contributed by atoms with Gasteiger partial charge in [0.1, 0.15) is 6.61 Å². The molecule has 1 aliphatic rings. The molecule has 0 spiro atoms. The number of carbonyl (C=O) groups excluding carboxylic acids is 2. The minimum atomic E-state index is -0.383. The molecule has 6 nitrogen and oxygen atoms in total. The Hall–Kier alpha value is -2.89.